The van der Waals surface area contributed by atoms with Crippen LogP contribution < -0.4 is 10.6 Å². The number of amides is 1. The van der Waals surface area contributed by atoms with Gasteiger partial charge in [0.15, 0.2) is 5.82 Å². The SMILES string of the molecule is CN(C)CCSc1ccc(C(=O)Nc2n[nH]c3ccc(Cc4cc(F)cc(F)c4)cc23)c(NC2CCOCC2)c1. The Bertz CT molecular complexity index is 1470. The topological polar surface area (TPSA) is 82.3 Å². The van der Waals surface area contributed by atoms with Crippen LogP contribution in [0.15, 0.2) is 59.5 Å². The van der Waals surface area contributed by atoms with E-state index in [-0.39, 0.29) is 11.9 Å². The highest BCUT2D eigenvalue weighted by Crippen LogP contribution is 2.29. The molecule has 1 aromatic heterocycles. The average Bonchev–Trinajstić information content (AvgIpc) is 3.30. The maximum absolute atomic E-state index is 13.7. The maximum Gasteiger partial charge on any atom is 0.258 e. The number of thioether (sulfide) groups is 1. The Labute approximate surface area is 236 Å². The fraction of sp³-hybridized carbons (Fsp3) is 0.333. The minimum absolute atomic E-state index is 0.226. The molecule has 0 spiro atoms. The number of H-pyrrole nitrogens is 1. The second kappa shape index (κ2) is 12.8. The minimum atomic E-state index is -0.611. The molecule has 4 aromatic rings. The molecule has 3 aromatic carbocycles. The second-order valence-corrected chi connectivity index (χ2v) is 11.4. The Kier molecular flexibility index (Phi) is 8.98. The highest BCUT2D eigenvalue weighted by Gasteiger charge is 2.20. The summed E-state index contributed by atoms with van der Waals surface area (Å²) in [7, 11) is 4.10. The van der Waals surface area contributed by atoms with Crippen molar-refractivity contribution >= 4 is 40.1 Å². The van der Waals surface area contributed by atoms with Gasteiger partial charge < -0.3 is 20.3 Å². The summed E-state index contributed by atoms with van der Waals surface area (Å²) in [5.41, 5.74) is 3.44. The summed E-state index contributed by atoms with van der Waals surface area (Å²) in [5.74, 6) is -0.155. The Balaban J connectivity index is 1.37. The number of nitrogens with one attached hydrogen (secondary N) is 3. The van der Waals surface area contributed by atoms with Gasteiger partial charge in [-0.05, 0) is 86.9 Å². The Morgan fingerprint density at radius 2 is 1.82 bits per heavy atom. The van der Waals surface area contributed by atoms with E-state index in [2.05, 4.69) is 39.8 Å². The molecule has 2 heterocycles. The standard InChI is InChI=1S/C30H33F2N5O2S/c1-37(2)9-12-40-24-4-5-25(28(18-24)33-23-7-10-39-11-8-23)30(38)34-29-26-16-19(3-6-27(26)35-36-29)13-20-14-21(31)17-22(32)15-20/h3-6,14-18,23,33H,7-13H2,1-2H3,(H2,34,35,36,38). The van der Waals surface area contributed by atoms with Crippen LogP contribution in [-0.4, -0.2) is 66.7 Å². The fourth-order valence-electron chi connectivity index (χ4n) is 4.73. The van der Waals surface area contributed by atoms with Gasteiger partial charge >= 0.3 is 0 Å². The van der Waals surface area contributed by atoms with E-state index < -0.39 is 11.6 Å². The van der Waals surface area contributed by atoms with Gasteiger partial charge in [-0.3, -0.25) is 9.89 Å². The van der Waals surface area contributed by atoms with E-state index in [1.807, 2.05) is 36.4 Å². The molecule has 3 N–H and O–H groups in total. The number of nitrogens with zero attached hydrogens (tertiary/aromatic N) is 2. The number of benzene rings is 3. The first kappa shape index (κ1) is 28.1. The van der Waals surface area contributed by atoms with Gasteiger partial charge in [-0.1, -0.05) is 6.07 Å². The number of aromatic nitrogens is 2. The molecule has 10 heteroatoms. The third-order valence-corrected chi connectivity index (χ3v) is 7.79. The van der Waals surface area contributed by atoms with Gasteiger partial charge in [-0.25, -0.2) is 8.78 Å². The van der Waals surface area contributed by atoms with Crippen molar-refractivity contribution in [3.8, 4) is 0 Å². The summed E-state index contributed by atoms with van der Waals surface area (Å²) in [5, 5.41) is 14.6. The van der Waals surface area contributed by atoms with Crippen molar-refractivity contribution in [2.75, 3.05) is 50.2 Å². The van der Waals surface area contributed by atoms with Crippen LogP contribution in [0.1, 0.15) is 34.3 Å². The second-order valence-electron chi connectivity index (χ2n) is 10.3. The lowest BCUT2D eigenvalue weighted by Crippen LogP contribution is -2.29. The van der Waals surface area contributed by atoms with E-state index >= 15 is 0 Å². The molecule has 0 bridgehead atoms. The molecule has 1 fully saturated rings. The van der Waals surface area contributed by atoms with Crippen molar-refractivity contribution in [1.29, 1.82) is 0 Å². The molecule has 0 radical (unpaired) electrons. The molecule has 1 aliphatic rings. The van der Waals surface area contributed by atoms with Crippen LogP contribution in [0.25, 0.3) is 10.9 Å². The first-order valence-electron chi connectivity index (χ1n) is 13.3. The van der Waals surface area contributed by atoms with Crippen LogP contribution in [-0.2, 0) is 11.2 Å². The molecule has 7 nitrogen and oxygen atoms in total. The molecule has 1 aliphatic heterocycles. The Hall–Kier alpha value is -3.47. The smallest absolute Gasteiger partial charge is 0.258 e. The largest absolute Gasteiger partial charge is 0.381 e. The molecule has 0 unspecified atom stereocenters. The molecule has 0 saturated carbocycles. The van der Waals surface area contributed by atoms with Crippen LogP contribution >= 0.6 is 11.8 Å². The van der Waals surface area contributed by atoms with Crippen LogP contribution in [0.2, 0.25) is 0 Å². The first-order chi connectivity index (χ1) is 19.3. The van der Waals surface area contributed by atoms with Gasteiger partial charge in [0.2, 0.25) is 0 Å². The zero-order valence-corrected chi connectivity index (χ0v) is 23.4. The number of anilines is 2. The molecular weight excluding hydrogens is 532 g/mol. The molecule has 1 saturated heterocycles. The quantitative estimate of drug-likeness (QED) is 0.207. The van der Waals surface area contributed by atoms with E-state index in [9.17, 15) is 13.6 Å². The number of halogens is 2. The van der Waals surface area contributed by atoms with Gasteiger partial charge in [-0.2, -0.15) is 5.10 Å². The normalized spacial score (nSPS) is 14.1. The summed E-state index contributed by atoms with van der Waals surface area (Å²) in [6.45, 7) is 2.35. The lowest BCUT2D eigenvalue weighted by molar-refractivity contribution is 0.0904. The van der Waals surface area contributed by atoms with Crippen molar-refractivity contribution in [3.05, 3.63) is 82.9 Å². The van der Waals surface area contributed by atoms with Crippen molar-refractivity contribution in [2.45, 2.75) is 30.2 Å². The van der Waals surface area contributed by atoms with Crippen LogP contribution in [0, 0.1) is 11.6 Å². The molecule has 5 rings (SSSR count). The van der Waals surface area contributed by atoms with Gasteiger partial charge in [0.1, 0.15) is 11.6 Å². The van der Waals surface area contributed by atoms with Crippen molar-refractivity contribution < 1.29 is 18.3 Å². The average molecular weight is 566 g/mol. The lowest BCUT2D eigenvalue weighted by atomic mass is 10.0. The fourth-order valence-corrected chi connectivity index (χ4v) is 5.79. The summed E-state index contributed by atoms with van der Waals surface area (Å²) >= 11 is 1.75. The summed E-state index contributed by atoms with van der Waals surface area (Å²) in [6.07, 6.45) is 2.09. The summed E-state index contributed by atoms with van der Waals surface area (Å²) < 4.78 is 32.9. The third-order valence-electron chi connectivity index (χ3n) is 6.81. The van der Waals surface area contributed by atoms with Gasteiger partial charge in [-0.15, -0.1) is 11.8 Å². The Morgan fingerprint density at radius 1 is 1.05 bits per heavy atom. The molecule has 0 aliphatic carbocycles. The minimum Gasteiger partial charge on any atom is -0.381 e. The molecular formula is C30H33F2N5O2S. The predicted molar refractivity (Wildman–Crippen MR) is 156 cm³/mol. The number of fused-ring (bicyclic) bond motifs is 1. The zero-order valence-electron chi connectivity index (χ0n) is 22.6. The molecule has 210 valence electrons. The number of hydrogen-bond acceptors (Lipinski definition) is 6. The highest BCUT2D eigenvalue weighted by atomic mass is 32.2. The number of aromatic amines is 1. The van der Waals surface area contributed by atoms with Crippen molar-refractivity contribution in [2.24, 2.45) is 0 Å². The van der Waals surface area contributed by atoms with Crippen LogP contribution in [0.4, 0.5) is 20.3 Å². The molecule has 0 atom stereocenters. The van der Waals surface area contributed by atoms with Gasteiger partial charge in [0, 0.05) is 53.6 Å². The summed E-state index contributed by atoms with van der Waals surface area (Å²) in [6, 6.07) is 15.2. The van der Waals surface area contributed by atoms with Gasteiger partial charge in [0.25, 0.3) is 5.91 Å². The van der Waals surface area contributed by atoms with Crippen LogP contribution in [0.5, 0.6) is 0 Å². The van der Waals surface area contributed by atoms with E-state index in [1.165, 1.54) is 12.1 Å². The summed E-state index contributed by atoms with van der Waals surface area (Å²) in [4.78, 5) is 16.8. The third kappa shape index (κ3) is 7.18. The van der Waals surface area contributed by atoms with E-state index in [0.717, 1.165) is 58.3 Å². The number of carbonyl (C=O) groups excluding carboxylic acids is 1. The number of rotatable bonds is 10. The van der Waals surface area contributed by atoms with E-state index in [0.29, 0.717) is 36.6 Å². The number of carbonyl (C=O) groups is 1. The number of hydrogen-bond donors (Lipinski definition) is 3. The predicted octanol–water partition coefficient (Wildman–Crippen LogP) is 5.93. The van der Waals surface area contributed by atoms with Gasteiger partial charge in [0.05, 0.1) is 11.1 Å². The van der Waals surface area contributed by atoms with Crippen molar-refractivity contribution in [1.82, 2.24) is 15.1 Å². The van der Waals surface area contributed by atoms with Crippen LogP contribution in [0.3, 0.4) is 0 Å². The first-order valence-corrected chi connectivity index (χ1v) is 14.3. The van der Waals surface area contributed by atoms with E-state index in [4.69, 9.17) is 4.74 Å². The Morgan fingerprint density at radius 3 is 2.58 bits per heavy atom. The maximum atomic E-state index is 13.7. The number of ether oxygens (including phenoxy) is 1. The highest BCUT2D eigenvalue weighted by molar-refractivity contribution is 7.99. The van der Waals surface area contributed by atoms with E-state index in [1.54, 1.807) is 11.8 Å². The monoisotopic (exact) mass is 565 g/mol. The lowest BCUT2D eigenvalue weighted by Gasteiger charge is -2.25. The zero-order chi connectivity index (χ0) is 28.1. The van der Waals surface area contributed by atoms with Crippen molar-refractivity contribution in [3.63, 3.8) is 0 Å². The molecule has 40 heavy (non-hydrogen) atoms. The molecule has 1 amide bonds.